The molecule has 0 heterocycles. The summed E-state index contributed by atoms with van der Waals surface area (Å²) in [5, 5.41) is 12.3. The molecule has 31 heavy (non-hydrogen) atoms. The summed E-state index contributed by atoms with van der Waals surface area (Å²) in [4.78, 5) is 0. The molecule has 3 heteroatoms. The minimum Gasteiger partial charge on any atom is -0.857 e. The highest BCUT2D eigenvalue weighted by atomic mass is 31.2. The third kappa shape index (κ3) is 5.05. The molecular weight excluding hydrogens is 399 g/mol. The summed E-state index contributed by atoms with van der Waals surface area (Å²) >= 11 is 0. The molecule has 4 rings (SSSR count). The van der Waals surface area contributed by atoms with Gasteiger partial charge < -0.3 is 9.84 Å². The molecule has 4 aromatic carbocycles. The lowest BCUT2D eigenvalue weighted by Crippen LogP contribution is -2.33. The summed E-state index contributed by atoms with van der Waals surface area (Å²) in [5.74, 6) is 0.993. The van der Waals surface area contributed by atoms with Gasteiger partial charge >= 0.3 is 0 Å². The molecule has 0 aliphatic rings. The molecule has 0 fully saturated rings. The first-order valence-corrected chi connectivity index (χ1v) is 12.5. The van der Waals surface area contributed by atoms with Crippen molar-refractivity contribution in [1.82, 2.24) is 0 Å². The second-order valence-electron chi connectivity index (χ2n) is 7.03. The first kappa shape index (κ1) is 22.7. The summed E-state index contributed by atoms with van der Waals surface area (Å²) in [5.41, 5.74) is 1.35. The van der Waals surface area contributed by atoms with Crippen molar-refractivity contribution in [3.63, 3.8) is 0 Å². The first-order chi connectivity index (χ1) is 15.3. The monoisotopic (exact) mass is 428 g/mol. The SMILES string of the molecule is CCOc1ccccc1[P+](Cc1ccccc1)(c1ccccc1)c1ccccc1.C[O-]. The van der Waals surface area contributed by atoms with Crippen molar-refractivity contribution in [2.24, 2.45) is 0 Å². The first-order valence-electron chi connectivity index (χ1n) is 10.5. The predicted octanol–water partition coefficient (Wildman–Crippen LogP) is 4.56. The van der Waals surface area contributed by atoms with Crippen LogP contribution in [0.25, 0.3) is 0 Å². The van der Waals surface area contributed by atoms with Crippen LogP contribution in [-0.4, -0.2) is 13.7 Å². The minimum absolute atomic E-state index is 0.659. The maximum atomic E-state index is 8.25. The number of para-hydroxylation sites is 1. The summed E-state index contributed by atoms with van der Waals surface area (Å²) in [6, 6.07) is 41.4. The Morgan fingerprint density at radius 2 is 1.06 bits per heavy atom. The van der Waals surface area contributed by atoms with Crippen LogP contribution < -0.4 is 25.8 Å². The fourth-order valence-electron chi connectivity index (χ4n) is 3.97. The number of benzene rings is 4. The molecular formula is C28H29O2P. The average molecular weight is 429 g/mol. The molecule has 0 saturated heterocycles. The summed E-state index contributed by atoms with van der Waals surface area (Å²) in [6.07, 6.45) is 0.964. The van der Waals surface area contributed by atoms with E-state index in [0.717, 1.165) is 19.0 Å². The van der Waals surface area contributed by atoms with Crippen molar-refractivity contribution in [3.05, 3.63) is 121 Å². The topological polar surface area (TPSA) is 32.3 Å². The van der Waals surface area contributed by atoms with Crippen molar-refractivity contribution in [3.8, 4) is 5.75 Å². The van der Waals surface area contributed by atoms with Crippen LogP contribution in [0.1, 0.15) is 12.5 Å². The second-order valence-corrected chi connectivity index (χ2v) is 10.5. The van der Waals surface area contributed by atoms with Crippen LogP contribution in [0, 0.1) is 0 Å². The van der Waals surface area contributed by atoms with Gasteiger partial charge in [-0.15, -0.1) is 0 Å². The van der Waals surface area contributed by atoms with Gasteiger partial charge in [0.05, 0.1) is 12.8 Å². The third-order valence-electron chi connectivity index (χ3n) is 5.23. The van der Waals surface area contributed by atoms with Gasteiger partial charge in [0.2, 0.25) is 0 Å². The lowest BCUT2D eigenvalue weighted by molar-refractivity contribution is -0.325. The van der Waals surface area contributed by atoms with E-state index in [1.165, 1.54) is 21.5 Å². The van der Waals surface area contributed by atoms with Gasteiger partial charge in [-0.3, -0.25) is 0 Å². The molecule has 0 bridgehead atoms. The maximum absolute atomic E-state index is 8.25. The highest BCUT2D eigenvalue weighted by Crippen LogP contribution is 2.59. The van der Waals surface area contributed by atoms with E-state index in [1.54, 1.807) is 0 Å². The summed E-state index contributed by atoms with van der Waals surface area (Å²) in [7, 11) is -1.22. The fraction of sp³-hybridized carbons (Fsp3) is 0.143. The molecule has 0 saturated carbocycles. The van der Waals surface area contributed by atoms with Gasteiger partial charge in [0.25, 0.3) is 0 Å². The summed E-state index contributed by atoms with van der Waals surface area (Å²) in [6.45, 7) is 2.71. The van der Waals surface area contributed by atoms with Crippen molar-refractivity contribution < 1.29 is 9.84 Å². The molecule has 4 aromatic rings. The van der Waals surface area contributed by atoms with E-state index in [0.29, 0.717) is 6.61 Å². The molecule has 158 valence electrons. The minimum atomic E-state index is -1.97. The van der Waals surface area contributed by atoms with E-state index in [-0.39, 0.29) is 0 Å². The normalized spacial score (nSPS) is 10.7. The summed E-state index contributed by atoms with van der Waals surface area (Å²) < 4.78 is 6.15. The zero-order valence-corrected chi connectivity index (χ0v) is 19.0. The molecule has 0 unspecified atom stereocenters. The average Bonchev–Trinajstić information content (AvgIpc) is 2.86. The van der Waals surface area contributed by atoms with Gasteiger partial charge in [0.15, 0.2) is 5.75 Å². The van der Waals surface area contributed by atoms with Crippen LogP contribution in [-0.2, 0) is 6.16 Å². The van der Waals surface area contributed by atoms with E-state index in [2.05, 4.69) is 122 Å². The maximum Gasteiger partial charge on any atom is 0.162 e. The van der Waals surface area contributed by atoms with E-state index in [1.807, 2.05) is 0 Å². The molecule has 2 nitrogen and oxygen atoms in total. The van der Waals surface area contributed by atoms with Crippen LogP contribution in [0.2, 0.25) is 0 Å². The van der Waals surface area contributed by atoms with Crippen molar-refractivity contribution in [2.75, 3.05) is 13.7 Å². The van der Waals surface area contributed by atoms with Gasteiger partial charge in [-0.05, 0) is 48.9 Å². The number of hydrogen-bond acceptors (Lipinski definition) is 2. The zero-order chi connectivity index (χ0) is 21.9. The van der Waals surface area contributed by atoms with Gasteiger partial charge in [-0.2, -0.15) is 7.11 Å². The van der Waals surface area contributed by atoms with E-state index in [4.69, 9.17) is 9.84 Å². The Morgan fingerprint density at radius 3 is 1.58 bits per heavy atom. The Morgan fingerprint density at radius 1 is 0.613 bits per heavy atom. The lowest BCUT2D eigenvalue weighted by atomic mass is 10.2. The van der Waals surface area contributed by atoms with E-state index < -0.39 is 7.26 Å². The molecule has 0 radical (unpaired) electrons. The molecule has 0 atom stereocenters. The molecule has 0 aliphatic carbocycles. The van der Waals surface area contributed by atoms with Crippen LogP contribution in [0.5, 0.6) is 5.75 Å². The van der Waals surface area contributed by atoms with Crippen molar-refractivity contribution in [2.45, 2.75) is 13.1 Å². The molecule has 0 amide bonds. The van der Waals surface area contributed by atoms with Crippen LogP contribution in [0.4, 0.5) is 0 Å². The Kier molecular flexibility index (Phi) is 8.41. The predicted molar refractivity (Wildman–Crippen MR) is 132 cm³/mol. The smallest absolute Gasteiger partial charge is 0.162 e. The van der Waals surface area contributed by atoms with Gasteiger partial charge in [-0.25, -0.2) is 0 Å². The molecule has 0 spiro atoms. The lowest BCUT2D eigenvalue weighted by Gasteiger charge is -2.29. The third-order valence-corrected chi connectivity index (χ3v) is 9.62. The molecule has 0 N–H and O–H groups in total. The van der Waals surface area contributed by atoms with Crippen LogP contribution in [0.3, 0.4) is 0 Å². The fourth-order valence-corrected chi connectivity index (χ4v) is 8.33. The van der Waals surface area contributed by atoms with Crippen molar-refractivity contribution >= 4 is 23.2 Å². The zero-order valence-electron chi connectivity index (χ0n) is 18.1. The number of hydrogen-bond donors (Lipinski definition) is 0. The van der Waals surface area contributed by atoms with Crippen LogP contribution >= 0.6 is 7.26 Å². The number of rotatable bonds is 7. The Balaban J connectivity index is 0.00000132. The van der Waals surface area contributed by atoms with Gasteiger partial charge in [-0.1, -0.05) is 78.9 Å². The standard InChI is InChI=1S/C27H26OP.CH3O/c1-2-28-26-20-12-13-21-27(26)29(24-16-8-4-9-17-24,25-18-10-5-11-19-25)22-23-14-6-3-7-15-23;1-2/h3-21H,2,22H2,1H3;1H3/q+1;-1. The molecule has 0 aromatic heterocycles. The van der Waals surface area contributed by atoms with E-state index in [9.17, 15) is 0 Å². The van der Waals surface area contributed by atoms with Gasteiger partial charge in [0.1, 0.15) is 23.2 Å². The highest BCUT2D eigenvalue weighted by molar-refractivity contribution is 7.95. The largest absolute Gasteiger partial charge is 0.857 e. The molecule has 0 aliphatic heterocycles. The van der Waals surface area contributed by atoms with E-state index >= 15 is 0 Å². The Hall–Kier alpha value is -2.93. The Bertz CT molecular complexity index is 995. The van der Waals surface area contributed by atoms with Gasteiger partial charge in [0, 0.05) is 0 Å². The quantitative estimate of drug-likeness (QED) is 0.405. The van der Waals surface area contributed by atoms with Crippen molar-refractivity contribution in [1.29, 1.82) is 0 Å². The number of ether oxygens (including phenoxy) is 1. The Labute approximate surface area is 186 Å². The second kappa shape index (κ2) is 11.5. The highest BCUT2D eigenvalue weighted by Gasteiger charge is 2.47. The van der Waals surface area contributed by atoms with Crippen LogP contribution in [0.15, 0.2) is 115 Å².